The Hall–Kier alpha value is -2.69. The molecule has 1 aromatic carbocycles. The number of carbonyl (C=O) groups is 2. The zero-order valence-corrected chi connectivity index (χ0v) is 12.2. The van der Waals surface area contributed by atoms with E-state index >= 15 is 0 Å². The van der Waals surface area contributed by atoms with Crippen molar-refractivity contribution in [3.63, 3.8) is 0 Å². The highest BCUT2D eigenvalue weighted by molar-refractivity contribution is 6.09. The highest BCUT2D eigenvalue weighted by Crippen LogP contribution is 2.34. The molecule has 0 bridgehead atoms. The molecule has 2 aromatic heterocycles. The standard InChI is InChI=1S/C17H15N3O2/c1-10-4-2-5-11-15(10)16-12(6-3-9-18-16)20(11)13-7-8-14(21)19-17(13)22/h2-6,9,13H,7-8H2,1H3,(H,19,21,22). The lowest BCUT2D eigenvalue weighted by atomic mass is 10.1. The van der Waals surface area contributed by atoms with Crippen LogP contribution in [-0.2, 0) is 9.59 Å². The molecule has 1 saturated heterocycles. The third-order valence-corrected chi connectivity index (χ3v) is 4.31. The molecule has 5 heteroatoms. The van der Waals surface area contributed by atoms with Crippen LogP contribution in [0.5, 0.6) is 0 Å². The maximum absolute atomic E-state index is 12.3. The SMILES string of the molecule is Cc1cccc2c1c1ncccc1n2C1CCC(=O)NC1=O. The van der Waals surface area contributed by atoms with E-state index in [1.54, 1.807) is 6.20 Å². The fourth-order valence-electron chi connectivity index (χ4n) is 3.34. The van der Waals surface area contributed by atoms with Crippen molar-refractivity contribution < 1.29 is 9.59 Å². The number of nitrogens with one attached hydrogen (secondary N) is 1. The molecule has 1 aliphatic rings. The van der Waals surface area contributed by atoms with E-state index in [0.717, 1.165) is 27.5 Å². The summed E-state index contributed by atoms with van der Waals surface area (Å²) < 4.78 is 2.02. The van der Waals surface area contributed by atoms with E-state index in [4.69, 9.17) is 0 Å². The normalized spacial score (nSPS) is 18.9. The predicted molar refractivity (Wildman–Crippen MR) is 83.4 cm³/mol. The number of hydrogen-bond acceptors (Lipinski definition) is 3. The molecule has 0 radical (unpaired) electrons. The highest BCUT2D eigenvalue weighted by Gasteiger charge is 2.30. The number of imide groups is 1. The van der Waals surface area contributed by atoms with Crippen LogP contribution in [0.25, 0.3) is 21.9 Å². The van der Waals surface area contributed by atoms with Crippen LogP contribution in [0.4, 0.5) is 0 Å². The van der Waals surface area contributed by atoms with E-state index in [9.17, 15) is 9.59 Å². The first-order valence-corrected chi connectivity index (χ1v) is 7.35. The van der Waals surface area contributed by atoms with Gasteiger partial charge in [-0.3, -0.25) is 19.9 Å². The molecule has 3 aromatic rings. The number of benzene rings is 1. The van der Waals surface area contributed by atoms with Gasteiger partial charge in [-0.2, -0.15) is 0 Å². The molecule has 3 heterocycles. The van der Waals surface area contributed by atoms with Crippen molar-refractivity contribution >= 4 is 33.8 Å². The maximum atomic E-state index is 12.3. The monoisotopic (exact) mass is 293 g/mol. The first kappa shape index (κ1) is 13.0. The van der Waals surface area contributed by atoms with Crippen LogP contribution in [-0.4, -0.2) is 21.4 Å². The number of aryl methyl sites for hydroxylation is 1. The van der Waals surface area contributed by atoms with Crippen molar-refractivity contribution in [2.24, 2.45) is 0 Å². The summed E-state index contributed by atoms with van der Waals surface area (Å²) in [5.74, 6) is -0.434. The second kappa shape index (κ2) is 4.66. The molecule has 1 unspecified atom stereocenters. The third kappa shape index (κ3) is 1.75. The van der Waals surface area contributed by atoms with Crippen molar-refractivity contribution in [2.75, 3.05) is 0 Å². The van der Waals surface area contributed by atoms with Crippen LogP contribution < -0.4 is 5.32 Å². The Morgan fingerprint density at radius 1 is 1.18 bits per heavy atom. The lowest BCUT2D eigenvalue weighted by Crippen LogP contribution is -2.41. The minimum atomic E-state index is -0.372. The Kier molecular flexibility index (Phi) is 2.76. The summed E-state index contributed by atoms with van der Waals surface area (Å²) in [7, 11) is 0. The summed E-state index contributed by atoms with van der Waals surface area (Å²) in [5, 5.41) is 3.51. The van der Waals surface area contributed by atoms with Crippen molar-refractivity contribution in [1.82, 2.24) is 14.9 Å². The lowest BCUT2D eigenvalue weighted by Gasteiger charge is -2.24. The molecule has 5 nitrogen and oxygen atoms in total. The minimum absolute atomic E-state index is 0.198. The molecular formula is C17H15N3O2. The Labute approximate surface area is 126 Å². The minimum Gasteiger partial charge on any atom is -0.326 e. The van der Waals surface area contributed by atoms with Crippen LogP contribution >= 0.6 is 0 Å². The van der Waals surface area contributed by atoms with Gasteiger partial charge in [-0.15, -0.1) is 0 Å². The second-order valence-corrected chi connectivity index (χ2v) is 5.68. The number of nitrogens with zero attached hydrogens (tertiary/aromatic N) is 2. The Morgan fingerprint density at radius 2 is 2.00 bits per heavy atom. The average Bonchev–Trinajstić information content (AvgIpc) is 2.83. The quantitative estimate of drug-likeness (QED) is 0.701. The number of hydrogen-bond donors (Lipinski definition) is 1. The van der Waals surface area contributed by atoms with Crippen molar-refractivity contribution in [2.45, 2.75) is 25.8 Å². The van der Waals surface area contributed by atoms with E-state index in [1.807, 2.05) is 41.8 Å². The van der Waals surface area contributed by atoms with Crippen molar-refractivity contribution in [1.29, 1.82) is 0 Å². The van der Waals surface area contributed by atoms with Crippen LogP contribution in [0, 0.1) is 6.92 Å². The van der Waals surface area contributed by atoms with Gasteiger partial charge in [0.1, 0.15) is 6.04 Å². The van der Waals surface area contributed by atoms with Gasteiger partial charge >= 0.3 is 0 Å². The molecule has 1 N–H and O–H groups in total. The molecule has 4 rings (SSSR count). The van der Waals surface area contributed by atoms with E-state index in [1.165, 1.54) is 0 Å². The van der Waals surface area contributed by atoms with E-state index < -0.39 is 0 Å². The molecule has 0 aliphatic carbocycles. The summed E-state index contributed by atoms with van der Waals surface area (Å²) in [6.07, 6.45) is 2.65. The smallest absolute Gasteiger partial charge is 0.249 e. The van der Waals surface area contributed by atoms with Gasteiger partial charge in [0.05, 0.1) is 16.6 Å². The summed E-state index contributed by atoms with van der Waals surface area (Å²) in [6.45, 7) is 2.05. The fourth-order valence-corrected chi connectivity index (χ4v) is 3.34. The molecule has 110 valence electrons. The zero-order chi connectivity index (χ0) is 15.3. The molecule has 1 fully saturated rings. The van der Waals surface area contributed by atoms with Crippen molar-refractivity contribution in [3.05, 3.63) is 42.1 Å². The van der Waals surface area contributed by atoms with Gasteiger partial charge in [0, 0.05) is 18.0 Å². The molecule has 22 heavy (non-hydrogen) atoms. The highest BCUT2D eigenvalue weighted by atomic mass is 16.2. The zero-order valence-electron chi connectivity index (χ0n) is 12.2. The van der Waals surface area contributed by atoms with E-state index in [2.05, 4.69) is 10.3 Å². The summed E-state index contributed by atoms with van der Waals surface area (Å²) in [5.41, 5.74) is 3.96. The van der Waals surface area contributed by atoms with Crippen LogP contribution in [0.2, 0.25) is 0 Å². The van der Waals surface area contributed by atoms with Gasteiger partial charge < -0.3 is 4.57 Å². The van der Waals surface area contributed by atoms with E-state index in [0.29, 0.717) is 12.8 Å². The molecule has 0 saturated carbocycles. The Balaban J connectivity index is 2.05. The molecular weight excluding hydrogens is 278 g/mol. The summed E-state index contributed by atoms with van der Waals surface area (Å²) in [4.78, 5) is 28.2. The van der Waals surface area contributed by atoms with Crippen LogP contribution in [0.3, 0.4) is 0 Å². The van der Waals surface area contributed by atoms with Gasteiger partial charge in [0.25, 0.3) is 0 Å². The number of pyridine rings is 1. The largest absolute Gasteiger partial charge is 0.326 e. The van der Waals surface area contributed by atoms with Gasteiger partial charge in [-0.05, 0) is 37.1 Å². The first-order valence-electron chi connectivity index (χ1n) is 7.35. The van der Waals surface area contributed by atoms with Gasteiger partial charge in [-0.1, -0.05) is 12.1 Å². The third-order valence-electron chi connectivity index (χ3n) is 4.31. The molecule has 1 atom stereocenters. The number of amides is 2. The van der Waals surface area contributed by atoms with E-state index in [-0.39, 0.29) is 17.9 Å². The van der Waals surface area contributed by atoms with Gasteiger partial charge in [0.15, 0.2) is 0 Å². The topological polar surface area (TPSA) is 64.0 Å². The maximum Gasteiger partial charge on any atom is 0.249 e. The fraction of sp³-hybridized carbons (Fsp3) is 0.235. The Bertz CT molecular complexity index is 926. The number of carbonyl (C=O) groups excluding carboxylic acids is 2. The van der Waals surface area contributed by atoms with Gasteiger partial charge in [0.2, 0.25) is 11.8 Å². The molecule has 1 aliphatic heterocycles. The predicted octanol–water partition coefficient (Wildman–Crippen LogP) is 2.48. The lowest BCUT2D eigenvalue weighted by molar-refractivity contribution is -0.135. The van der Waals surface area contributed by atoms with Crippen molar-refractivity contribution in [3.8, 4) is 0 Å². The molecule has 0 spiro atoms. The van der Waals surface area contributed by atoms with Gasteiger partial charge in [-0.25, -0.2) is 0 Å². The first-order chi connectivity index (χ1) is 10.7. The van der Waals surface area contributed by atoms with Crippen LogP contribution in [0.15, 0.2) is 36.5 Å². The van der Waals surface area contributed by atoms with Crippen LogP contribution in [0.1, 0.15) is 24.4 Å². The second-order valence-electron chi connectivity index (χ2n) is 5.68. The summed E-state index contributed by atoms with van der Waals surface area (Å²) >= 11 is 0. The number of piperidine rings is 1. The number of aromatic nitrogens is 2. The number of rotatable bonds is 1. The Morgan fingerprint density at radius 3 is 2.82 bits per heavy atom. The molecule has 2 amide bonds. The number of fused-ring (bicyclic) bond motifs is 3. The average molecular weight is 293 g/mol. The summed E-state index contributed by atoms with van der Waals surface area (Å²) in [6, 6.07) is 9.52.